The van der Waals surface area contributed by atoms with Crippen LogP contribution in [0.1, 0.15) is 29.5 Å². The van der Waals surface area contributed by atoms with Gasteiger partial charge in [-0.25, -0.2) is 8.42 Å². The zero-order valence-corrected chi connectivity index (χ0v) is 26.5. The first-order chi connectivity index (χ1) is 21.6. The normalized spacial score (nSPS) is 19.8. The topological polar surface area (TPSA) is 132 Å². The molecular formula is C33H39N3O8S. The number of sulfone groups is 1. The van der Waals surface area contributed by atoms with Gasteiger partial charge in [-0.15, -0.1) is 0 Å². The summed E-state index contributed by atoms with van der Waals surface area (Å²) >= 11 is 0. The Bertz CT molecular complexity index is 1630. The Morgan fingerprint density at radius 2 is 1.71 bits per heavy atom. The van der Waals surface area contributed by atoms with Crippen molar-refractivity contribution in [3.63, 3.8) is 0 Å². The summed E-state index contributed by atoms with van der Waals surface area (Å²) in [5.41, 5.74) is 2.66. The number of methoxy groups -OCH3 is 2. The van der Waals surface area contributed by atoms with E-state index in [2.05, 4.69) is 15.5 Å². The zero-order chi connectivity index (χ0) is 32.0. The fourth-order valence-electron chi connectivity index (χ4n) is 5.56. The number of carbonyl (C=O) groups is 2. The standard InChI is InChI=1S/C33H39N3O8S/c1-41-29-12-6-22-7-13-32(37)34-18-24-8-9-25(17-30(24)42-2)44-28-14-15-36(19-23-4-10-26(11-5-23)45(3,39)40)20-27(28)35-33(38)21-43-31(29)16-22/h4-6,8-12,16-17,27-28H,7,13-15,18-21H2,1-3H3,(H,34,37)(H,35,38)/t27-,28+/m1/s1. The molecule has 2 amide bonds. The van der Waals surface area contributed by atoms with Gasteiger partial charge < -0.3 is 29.6 Å². The van der Waals surface area contributed by atoms with Crippen LogP contribution in [-0.4, -0.2) is 77.4 Å². The van der Waals surface area contributed by atoms with E-state index < -0.39 is 9.84 Å². The number of hydrogen-bond donors (Lipinski definition) is 2. The molecule has 1 fully saturated rings. The lowest BCUT2D eigenvalue weighted by atomic mass is 10.0. The van der Waals surface area contributed by atoms with Crippen molar-refractivity contribution in [1.29, 1.82) is 0 Å². The van der Waals surface area contributed by atoms with Gasteiger partial charge in [-0.1, -0.05) is 18.2 Å². The molecule has 0 aliphatic carbocycles. The minimum absolute atomic E-state index is 0.103. The fraction of sp³-hybridized carbons (Fsp3) is 0.394. The number of ether oxygens (including phenoxy) is 4. The maximum absolute atomic E-state index is 13.3. The first kappa shape index (κ1) is 32.1. The second kappa shape index (κ2) is 14.2. The summed E-state index contributed by atoms with van der Waals surface area (Å²) in [6.45, 7) is 1.86. The van der Waals surface area contributed by atoms with Crippen molar-refractivity contribution in [1.82, 2.24) is 15.5 Å². The molecule has 4 bridgehead atoms. The Balaban J connectivity index is 1.38. The van der Waals surface area contributed by atoms with E-state index in [1.165, 1.54) is 13.4 Å². The Morgan fingerprint density at radius 3 is 2.44 bits per heavy atom. The van der Waals surface area contributed by atoms with E-state index >= 15 is 0 Å². The second-order valence-corrected chi connectivity index (χ2v) is 13.3. The van der Waals surface area contributed by atoms with Crippen molar-refractivity contribution in [3.05, 3.63) is 77.4 Å². The van der Waals surface area contributed by atoms with Gasteiger partial charge in [0.1, 0.15) is 17.6 Å². The number of rotatable bonds is 5. The molecule has 3 aromatic rings. The molecule has 6 rings (SSSR count). The average molecular weight is 638 g/mol. The molecule has 240 valence electrons. The molecule has 0 saturated carbocycles. The number of amides is 2. The van der Waals surface area contributed by atoms with E-state index in [0.29, 0.717) is 62.0 Å². The Hall–Kier alpha value is -4.29. The summed E-state index contributed by atoms with van der Waals surface area (Å²) in [6, 6.07) is 17.4. The van der Waals surface area contributed by atoms with E-state index in [1.807, 2.05) is 30.3 Å². The van der Waals surface area contributed by atoms with Crippen LogP contribution in [0.5, 0.6) is 23.0 Å². The van der Waals surface area contributed by atoms with Gasteiger partial charge in [-0.05, 0) is 60.4 Å². The molecule has 3 aliphatic heterocycles. The molecule has 12 heteroatoms. The molecule has 2 atom stereocenters. The highest BCUT2D eigenvalue weighted by molar-refractivity contribution is 7.90. The van der Waals surface area contributed by atoms with Crippen LogP contribution in [0, 0.1) is 0 Å². The third kappa shape index (κ3) is 8.46. The molecule has 3 heterocycles. The van der Waals surface area contributed by atoms with Gasteiger partial charge in [0.2, 0.25) is 5.91 Å². The summed E-state index contributed by atoms with van der Waals surface area (Å²) in [4.78, 5) is 28.4. The Morgan fingerprint density at radius 1 is 0.933 bits per heavy atom. The van der Waals surface area contributed by atoms with Gasteiger partial charge in [0, 0.05) is 50.5 Å². The van der Waals surface area contributed by atoms with Gasteiger partial charge in [0.05, 0.1) is 25.2 Å². The third-order valence-electron chi connectivity index (χ3n) is 7.99. The van der Waals surface area contributed by atoms with E-state index in [-0.39, 0.29) is 41.9 Å². The predicted molar refractivity (Wildman–Crippen MR) is 167 cm³/mol. The lowest BCUT2D eigenvalue weighted by Gasteiger charge is -2.39. The third-order valence-corrected chi connectivity index (χ3v) is 9.12. The van der Waals surface area contributed by atoms with E-state index in [4.69, 9.17) is 18.9 Å². The first-order valence-electron chi connectivity index (χ1n) is 14.8. The number of fused-ring (bicyclic) bond motifs is 9. The number of nitrogens with one attached hydrogen (secondary N) is 2. The Labute approximate surface area is 263 Å². The van der Waals surface area contributed by atoms with Crippen molar-refractivity contribution in [3.8, 4) is 23.0 Å². The van der Waals surface area contributed by atoms with Crippen LogP contribution in [0.3, 0.4) is 0 Å². The van der Waals surface area contributed by atoms with Gasteiger partial charge in [0.25, 0.3) is 5.91 Å². The molecule has 0 unspecified atom stereocenters. The minimum Gasteiger partial charge on any atom is -0.496 e. The average Bonchev–Trinajstić information content (AvgIpc) is 3.02. The molecule has 3 aromatic carbocycles. The SMILES string of the molecule is COc1cc2ccc1CNC(=O)CCc1ccc(OC)c(c1)OCC(=O)N[C@@H]1CN(Cc3ccc(S(C)(=O)=O)cc3)CC[C@@H]1O2. The fourth-order valence-corrected chi connectivity index (χ4v) is 6.19. The quantitative estimate of drug-likeness (QED) is 0.434. The number of likely N-dealkylation sites (tertiary alicyclic amines) is 1. The van der Waals surface area contributed by atoms with Crippen molar-refractivity contribution in [2.75, 3.05) is 40.2 Å². The molecule has 3 aliphatic rings. The highest BCUT2D eigenvalue weighted by Crippen LogP contribution is 2.30. The van der Waals surface area contributed by atoms with Crippen LogP contribution in [0.25, 0.3) is 0 Å². The monoisotopic (exact) mass is 637 g/mol. The van der Waals surface area contributed by atoms with E-state index in [1.54, 1.807) is 37.4 Å². The lowest BCUT2D eigenvalue weighted by Crippen LogP contribution is -2.57. The minimum atomic E-state index is -3.28. The maximum Gasteiger partial charge on any atom is 0.258 e. The predicted octanol–water partition coefficient (Wildman–Crippen LogP) is 2.89. The van der Waals surface area contributed by atoms with Crippen LogP contribution >= 0.6 is 0 Å². The molecule has 1 saturated heterocycles. The molecule has 11 nitrogen and oxygen atoms in total. The summed E-state index contributed by atoms with van der Waals surface area (Å²) in [7, 11) is -0.175. The van der Waals surface area contributed by atoms with Crippen LogP contribution in [0.2, 0.25) is 0 Å². The van der Waals surface area contributed by atoms with Crippen molar-refractivity contribution in [2.45, 2.75) is 49.4 Å². The summed E-state index contributed by atoms with van der Waals surface area (Å²) in [5.74, 6) is 1.67. The smallest absolute Gasteiger partial charge is 0.258 e. The van der Waals surface area contributed by atoms with Crippen LogP contribution < -0.4 is 29.6 Å². The second-order valence-electron chi connectivity index (χ2n) is 11.3. The molecule has 2 N–H and O–H groups in total. The molecule has 45 heavy (non-hydrogen) atoms. The van der Waals surface area contributed by atoms with E-state index in [9.17, 15) is 18.0 Å². The summed E-state index contributed by atoms with van der Waals surface area (Å²) in [6.07, 6.45) is 2.24. The van der Waals surface area contributed by atoms with Gasteiger partial charge >= 0.3 is 0 Å². The number of aryl methyl sites for hydroxylation is 1. The van der Waals surface area contributed by atoms with Crippen molar-refractivity contribution < 1.29 is 37.0 Å². The largest absolute Gasteiger partial charge is 0.496 e. The molecular weight excluding hydrogens is 598 g/mol. The van der Waals surface area contributed by atoms with E-state index in [0.717, 1.165) is 16.7 Å². The summed E-state index contributed by atoms with van der Waals surface area (Å²) < 4.78 is 47.1. The number of hydrogen-bond acceptors (Lipinski definition) is 9. The maximum atomic E-state index is 13.3. The van der Waals surface area contributed by atoms with Gasteiger partial charge in [0.15, 0.2) is 27.9 Å². The summed E-state index contributed by atoms with van der Waals surface area (Å²) in [5, 5.41) is 6.07. The number of benzene rings is 3. The van der Waals surface area contributed by atoms with Crippen molar-refractivity contribution in [2.24, 2.45) is 0 Å². The number of piperidine rings is 1. The van der Waals surface area contributed by atoms with Crippen LogP contribution in [-0.2, 0) is 38.9 Å². The number of carbonyl (C=O) groups excluding carboxylic acids is 2. The molecule has 0 spiro atoms. The molecule has 0 radical (unpaired) electrons. The molecule has 0 aromatic heterocycles. The Kier molecular flexibility index (Phi) is 10.1. The highest BCUT2D eigenvalue weighted by Gasteiger charge is 2.32. The van der Waals surface area contributed by atoms with Gasteiger partial charge in [-0.2, -0.15) is 0 Å². The zero-order valence-electron chi connectivity index (χ0n) is 25.7. The first-order valence-corrected chi connectivity index (χ1v) is 16.7. The van der Waals surface area contributed by atoms with Gasteiger partial charge in [-0.3, -0.25) is 14.5 Å². The lowest BCUT2D eigenvalue weighted by molar-refractivity contribution is -0.125. The van der Waals surface area contributed by atoms with Crippen LogP contribution in [0.4, 0.5) is 0 Å². The van der Waals surface area contributed by atoms with Crippen molar-refractivity contribution >= 4 is 21.7 Å². The number of nitrogens with zero attached hydrogens (tertiary/aromatic N) is 1. The highest BCUT2D eigenvalue weighted by atomic mass is 32.2. The van der Waals surface area contributed by atoms with Crippen LogP contribution in [0.15, 0.2) is 65.6 Å².